The van der Waals surface area contributed by atoms with Crippen molar-refractivity contribution in [2.75, 3.05) is 17.7 Å². The third-order valence-electron chi connectivity index (χ3n) is 5.29. The Kier molecular flexibility index (Phi) is 6.88. The Morgan fingerprint density at radius 2 is 2.03 bits per heavy atom. The summed E-state index contributed by atoms with van der Waals surface area (Å²) >= 11 is 6.27. The van der Waals surface area contributed by atoms with Gasteiger partial charge in [-0.1, -0.05) is 43.6 Å². The van der Waals surface area contributed by atoms with Crippen LogP contribution < -0.4 is 10.6 Å². The number of hydrogen-bond acceptors (Lipinski definition) is 6. The minimum Gasteiger partial charge on any atom is -0.472 e. The zero-order valence-electron chi connectivity index (χ0n) is 19.1. The molecule has 8 nitrogen and oxygen atoms in total. The first kappa shape index (κ1) is 23.4. The second kappa shape index (κ2) is 10.0. The molecule has 0 aliphatic heterocycles. The highest BCUT2D eigenvalue weighted by Gasteiger charge is 2.27. The van der Waals surface area contributed by atoms with Crippen LogP contribution in [0.4, 0.5) is 11.4 Å². The number of anilines is 2. The minimum atomic E-state index is -0.563. The SMILES string of the molecule is COC(=O)c1c(NC(=O)c2ccoc2)c2cc(NCc3ccccc3Cl)cnc2n1CC(C)C. The average Bonchev–Trinajstić information content (AvgIpc) is 3.45. The van der Waals surface area contributed by atoms with E-state index in [1.807, 2.05) is 44.2 Å². The lowest BCUT2D eigenvalue weighted by molar-refractivity contribution is 0.0589. The topological polar surface area (TPSA) is 98.4 Å². The summed E-state index contributed by atoms with van der Waals surface area (Å²) in [6.07, 6.45) is 4.45. The van der Waals surface area contributed by atoms with Gasteiger partial charge >= 0.3 is 5.97 Å². The van der Waals surface area contributed by atoms with Crippen LogP contribution in [0.5, 0.6) is 0 Å². The third-order valence-corrected chi connectivity index (χ3v) is 5.66. The summed E-state index contributed by atoms with van der Waals surface area (Å²) in [5, 5.41) is 7.45. The highest BCUT2D eigenvalue weighted by molar-refractivity contribution is 6.31. The number of esters is 1. The Bertz CT molecular complexity index is 1330. The van der Waals surface area contributed by atoms with Gasteiger partial charge in [-0.05, 0) is 29.7 Å². The van der Waals surface area contributed by atoms with Crippen molar-refractivity contribution in [1.29, 1.82) is 0 Å². The fourth-order valence-corrected chi connectivity index (χ4v) is 3.92. The molecule has 3 aromatic heterocycles. The molecule has 0 atom stereocenters. The molecule has 1 aromatic carbocycles. The van der Waals surface area contributed by atoms with Crippen LogP contribution in [0.15, 0.2) is 59.5 Å². The zero-order chi connectivity index (χ0) is 24.2. The smallest absolute Gasteiger partial charge is 0.356 e. The Morgan fingerprint density at radius 3 is 2.71 bits per heavy atom. The number of nitrogens with zero attached hydrogens (tertiary/aromatic N) is 2. The Balaban J connectivity index is 1.80. The van der Waals surface area contributed by atoms with E-state index in [4.69, 9.17) is 20.8 Å². The molecule has 9 heteroatoms. The average molecular weight is 481 g/mol. The number of ether oxygens (including phenoxy) is 1. The molecular formula is C25H25ClN4O4. The Morgan fingerprint density at radius 1 is 1.24 bits per heavy atom. The van der Waals surface area contributed by atoms with Crippen molar-refractivity contribution in [3.8, 4) is 0 Å². The number of furan rings is 1. The number of amides is 1. The van der Waals surface area contributed by atoms with Gasteiger partial charge in [-0.25, -0.2) is 9.78 Å². The molecule has 3 heterocycles. The Labute approximate surface area is 201 Å². The van der Waals surface area contributed by atoms with Gasteiger partial charge in [0.1, 0.15) is 11.9 Å². The molecule has 4 rings (SSSR count). The van der Waals surface area contributed by atoms with E-state index >= 15 is 0 Å². The summed E-state index contributed by atoms with van der Waals surface area (Å²) in [6, 6.07) is 11.0. The number of rotatable bonds is 8. The van der Waals surface area contributed by atoms with Gasteiger partial charge in [-0.2, -0.15) is 0 Å². The maximum atomic E-state index is 12.9. The number of nitrogens with one attached hydrogen (secondary N) is 2. The summed E-state index contributed by atoms with van der Waals surface area (Å²) in [5.41, 5.74) is 3.12. The van der Waals surface area contributed by atoms with Crippen LogP contribution in [0.1, 0.15) is 40.3 Å². The van der Waals surface area contributed by atoms with Gasteiger partial charge in [-0.3, -0.25) is 4.79 Å². The van der Waals surface area contributed by atoms with E-state index in [2.05, 4.69) is 15.6 Å². The fraction of sp³-hybridized carbons (Fsp3) is 0.240. The van der Waals surface area contributed by atoms with E-state index in [1.54, 1.807) is 16.8 Å². The molecule has 0 radical (unpaired) electrons. The minimum absolute atomic E-state index is 0.219. The van der Waals surface area contributed by atoms with E-state index in [1.165, 1.54) is 19.6 Å². The summed E-state index contributed by atoms with van der Waals surface area (Å²) in [6.45, 7) is 5.08. The molecule has 0 saturated carbocycles. The summed E-state index contributed by atoms with van der Waals surface area (Å²) in [5.74, 6) is -0.750. The van der Waals surface area contributed by atoms with Crippen molar-refractivity contribution >= 4 is 45.9 Å². The van der Waals surface area contributed by atoms with E-state index in [0.717, 1.165) is 5.56 Å². The predicted octanol–water partition coefficient (Wildman–Crippen LogP) is 5.59. The van der Waals surface area contributed by atoms with Gasteiger partial charge in [0.15, 0.2) is 5.69 Å². The van der Waals surface area contributed by atoms with Crippen LogP contribution >= 0.6 is 11.6 Å². The normalized spacial score (nSPS) is 11.1. The molecule has 0 aliphatic rings. The molecule has 34 heavy (non-hydrogen) atoms. The highest BCUT2D eigenvalue weighted by Crippen LogP contribution is 2.34. The number of carbonyl (C=O) groups is 2. The first-order valence-corrected chi connectivity index (χ1v) is 11.2. The van der Waals surface area contributed by atoms with Crippen molar-refractivity contribution in [2.24, 2.45) is 5.92 Å². The maximum absolute atomic E-state index is 12.9. The molecule has 176 valence electrons. The standard InChI is InChI=1S/C25H25ClN4O4/c1-15(2)13-30-22(25(32)33-3)21(29-24(31)17-8-9-34-14-17)19-10-18(12-28-23(19)30)27-11-16-6-4-5-7-20(16)26/h4-10,12,14-15,27H,11,13H2,1-3H3,(H,29,31). The fourth-order valence-electron chi connectivity index (χ4n) is 3.72. The van der Waals surface area contributed by atoms with Gasteiger partial charge in [0.05, 0.1) is 36.5 Å². The monoisotopic (exact) mass is 480 g/mol. The van der Waals surface area contributed by atoms with E-state index in [9.17, 15) is 9.59 Å². The molecule has 0 fully saturated rings. The van der Waals surface area contributed by atoms with Crippen LogP contribution in [0.2, 0.25) is 5.02 Å². The summed E-state index contributed by atoms with van der Waals surface area (Å²) in [7, 11) is 1.31. The van der Waals surface area contributed by atoms with Gasteiger partial charge < -0.3 is 24.4 Å². The van der Waals surface area contributed by atoms with Gasteiger partial charge in [-0.15, -0.1) is 0 Å². The van der Waals surface area contributed by atoms with Crippen molar-refractivity contribution < 1.29 is 18.7 Å². The number of fused-ring (bicyclic) bond motifs is 1. The second-order valence-corrected chi connectivity index (χ2v) is 8.63. The number of benzene rings is 1. The zero-order valence-corrected chi connectivity index (χ0v) is 19.8. The lowest BCUT2D eigenvalue weighted by Crippen LogP contribution is -2.18. The van der Waals surface area contributed by atoms with Crippen LogP contribution in [-0.4, -0.2) is 28.5 Å². The van der Waals surface area contributed by atoms with Crippen molar-refractivity contribution in [2.45, 2.75) is 26.9 Å². The molecule has 0 saturated heterocycles. The number of carbonyl (C=O) groups excluding carboxylic acids is 2. The van der Waals surface area contributed by atoms with Gasteiger partial charge in [0.2, 0.25) is 0 Å². The van der Waals surface area contributed by atoms with Gasteiger partial charge in [0, 0.05) is 23.5 Å². The number of halogens is 1. The first-order chi connectivity index (χ1) is 16.4. The summed E-state index contributed by atoms with van der Waals surface area (Å²) < 4.78 is 11.9. The molecule has 0 aliphatic carbocycles. The molecule has 2 N–H and O–H groups in total. The first-order valence-electron chi connectivity index (χ1n) is 10.8. The summed E-state index contributed by atoms with van der Waals surface area (Å²) in [4.78, 5) is 30.3. The Hall–Kier alpha value is -3.78. The lowest BCUT2D eigenvalue weighted by atomic mass is 10.2. The molecule has 0 spiro atoms. The molecule has 0 unspecified atom stereocenters. The van der Waals surface area contributed by atoms with E-state index in [-0.39, 0.29) is 11.6 Å². The quantitative estimate of drug-likeness (QED) is 0.319. The largest absolute Gasteiger partial charge is 0.472 e. The van der Waals surface area contributed by atoms with Crippen LogP contribution in [0.3, 0.4) is 0 Å². The highest BCUT2D eigenvalue weighted by atomic mass is 35.5. The number of aromatic nitrogens is 2. The second-order valence-electron chi connectivity index (χ2n) is 8.23. The van der Waals surface area contributed by atoms with E-state index in [0.29, 0.717) is 46.1 Å². The molecule has 1 amide bonds. The molecular weight excluding hydrogens is 456 g/mol. The van der Waals surface area contributed by atoms with Crippen LogP contribution in [0.25, 0.3) is 11.0 Å². The molecule has 4 aromatic rings. The van der Waals surface area contributed by atoms with Crippen LogP contribution in [-0.2, 0) is 17.8 Å². The van der Waals surface area contributed by atoms with Crippen molar-refractivity contribution in [3.63, 3.8) is 0 Å². The van der Waals surface area contributed by atoms with Gasteiger partial charge in [0.25, 0.3) is 5.91 Å². The number of methoxy groups -OCH3 is 1. The van der Waals surface area contributed by atoms with Crippen molar-refractivity contribution in [3.05, 3.63) is 77.0 Å². The third kappa shape index (κ3) is 4.77. The lowest BCUT2D eigenvalue weighted by Gasteiger charge is -2.12. The maximum Gasteiger partial charge on any atom is 0.356 e. The molecule has 0 bridgehead atoms. The van der Waals surface area contributed by atoms with E-state index < -0.39 is 11.9 Å². The predicted molar refractivity (Wildman–Crippen MR) is 131 cm³/mol. The number of hydrogen-bond donors (Lipinski definition) is 2. The van der Waals surface area contributed by atoms with Crippen LogP contribution in [0, 0.1) is 5.92 Å². The number of pyridine rings is 1. The van der Waals surface area contributed by atoms with Crippen molar-refractivity contribution in [1.82, 2.24) is 9.55 Å².